The molecule has 1 aliphatic heterocycles. The molecular weight excluding hydrogens is 384 g/mol. The second-order valence-electron chi connectivity index (χ2n) is 8.48. The fourth-order valence-corrected chi connectivity index (χ4v) is 4.26. The maximum Gasteiger partial charge on any atom is 0.123 e. The third kappa shape index (κ3) is 6.17. The minimum atomic E-state index is -0.514. The van der Waals surface area contributed by atoms with Gasteiger partial charge in [-0.25, -0.2) is 0 Å². The van der Waals surface area contributed by atoms with Gasteiger partial charge in [-0.3, -0.25) is 9.80 Å². The Balaban J connectivity index is 1.28. The van der Waals surface area contributed by atoms with E-state index < -0.39 is 6.10 Å². The summed E-state index contributed by atoms with van der Waals surface area (Å²) < 4.78 is 6.06. The molecule has 31 heavy (non-hydrogen) atoms. The highest BCUT2D eigenvalue weighted by molar-refractivity contribution is 5.33. The van der Waals surface area contributed by atoms with Crippen LogP contribution in [0.25, 0.3) is 0 Å². The Hall–Kier alpha value is -2.66. The van der Waals surface area contributed by atoms with E-state index in [2.05, 4.69) is 71.4 Å². The monoisotopic (exact) mass is 416 g/mol. The Morgan fingerprint density at radius 3 is 2.45 bits per heavy atom. The van der Waals surface area contributed by atoms with Crippen molar-refractivity contribution in [3.8, 4) is 5.75 Å². The number of nitrogens with zero attached hydrogens (tertiary/aromatic N) is 2. The summed E-state index contributed by atoms with van der Waals surface area (Å²) in [5.41, 5.74) is 5.23. The minimum absolute atomic E-state index is 0.303. The van der Waals surface area contributed by atoms with Gasteiger partial charge in [0.2, 0.25) is 0 Å². The molecular formula is C27H32N2O2. The summed E-state index contributed by atoms with van der Waals surface area (Å²) in [6.45, 7) is 4.49. The van der Waals surface area contributed by atoms with E-state index in [0.29, 0.717) is 13.2 Å². The van der Waals surface area contributed by atoms with Crippen molar-refractivity contribution in [1.29, 1.82) is 0 Å². The van der Waals surface area contributed by atoms with Crippen molar-refractivity contribution in [2.75, 3.05) is 26.7 Å². The minimum Gasteiger partial charge on any atom is -0.491 e. The number of para-hydroxylation sites is 1. The maximum atomic E-state index is 10.6. The lowest BCUT2D eigenvalue weighted by atomic mass is 10.00. The number of hydrogen-bond donors (Lipinski definition) is 1. The fraction of sp³-hybridized carbons (Fsp3) is 0.333. The summed E-state index contributed by atoms with van der Waals surface area (Å²) >= 11 is 0. The van der Waals surface area contributed by atoms with Crippen LogP contribution in [0.5, 0.6) is 5.75 Å². The molecule has 0 amide bonds. The van der Waals surface area contributed by atoms with Gasteiger partial charge in [0.1, 0.15) is 18.5 Å². The summed E-state index contributed by atoms with van der Waals surface area (Å²) in [5.74, 6) is 0.852. The number of ether oxygens (including phenoxy) is 1. The lowest BCUT2D eigenvalue weighted by molar-refractivity contribution is 0.0632. The molecule has 0 aliphatic carbocycles. The van der Waals surface area contributed by atoms with Crippen LogP contribution in [0, 0.1) is 0 Å². The number of rotatable bonds is 9. The SMILES string of the molecule is CN(Cc1ccccc1)Cc1ccccc1OCC(O)CN1CCc2ccccc2C1. The van der Waals surface area contributed by atoms with Gasteiger partial charge < -0.3 is 9.84 Å². The van der Waals surface area contributed by atoms with Gasteiger partial charge in [0.05, 0.1) is 0 Å². The van der Waals surface area contributed by atoms with Crippen LogP contribution in [0.15, 0.2) is 78.9 Å². The molecule has 0 radical (unpaired) electrons. The summed E-state index contributed by atoms with van der Waals surface area (Å²) in [6.07, 6.45) is 0.528. The normalized spacial score (nSPS) is 14.9. The third-order valence-corrected chi connectivity index (χ3v) is 5.82. The smallest absolute Gasteiger partial charge is 0.123 e. The van der Waals surface area contributed by atoms with E-state index in [9.17, 15) is 5.11 Å². The molecule has 1 heterocycles. The number of β-amino-alcohol motifs (C(OH)–C–C–N with tert-alkyl or cyclic N) is 1. The van der Waals surface area contributed by atoms with Gasteiger partial charge in [-0.15, -0.1) is 0 Å². The van der Waals surface area contributed by atoms with Crippen molar-refractivity contribution in [3.63, 3.8) is 0 Å². The van der Waals surface area contributed by atoms with E-state index in [-0.39, 0.29) is 0 Å². The Morgan fingerprint density at radius 1 is 0.903 bits per heavy atom. The van der Waals surface area contributed by atoms with Gasteiger partial charge >= 0.3 is 0 Å². The molecule has 4 nitrogen and oxygen atoms in total. The van der Waals surface area contributed by atoms with Gasteiger partial charge in [-0.05, 0) is 36.2 Å². The van der Waals surface area contributed by atoms with Gasteiger partial charge in [0, 0.05) is 38.3 Å². The van der Waals surface area contributed by atoms with Gasteiger partial charge in [-0.1, -0.05) is 72.8 Å². The molecule has 0 bridgehead atoms. The number of hydrogen-bond acceptors (Lipinski definition) is 4. The third-order valence-electron chi connectivity index (χ3n) is 5.82. The van der Waals surface area contributed by atoms with Crippen LogP contribution in [-0.2, 0) is 26.1 Å². The highest BCUT2D eigenvalue weighted by Crippen LogP contribution is 2.22. The van der Waals surface area contributed by atoms with Crippen LogP contribution in [-0.4, -0.2) is 47.8 Å². The number of aliphatic hydroxyl groups is 1. The molecule has 4 rings (SSSR count). The lowest BCUT2D eigenvalue weighted by Gasteiger charge is -2.30. The van der Waals surface area contributed by atoms with E-state index in [0.717, 1.165) is 43.9 Å². The van der Waals surface area contributed by atoms with E-state index in [1.54, 1.807) is 0 Å². The molecule has 3 aromatic carbocycles. The lowest BCUT2D eigenvalue weighted by Crippen LogP contribution is -2.38. The Bertz CT molecular complexity index is 960. The highest BCUT2D eigenvalue weighted by Gasteiger charge is 2.19. The van der Waals surface area contributed by atoms with E-state index in [1.807, 2.05) is 24.3 Å². The van der Waals surface area contributed by atoms with Crippen molar-refractivity contribution < 1.29 is 9.84 Å². The van der Waals surface area contributed by atoms with Crippen LogP contribution < -0.4 is 4.74 Å². The predicted octanol–water partition coefficient (Wildman–Crippen LogP) is 4.12. The first-order valence-electron chi connectivity index (χ1n) is 11.1. The van der Waals surface area contributed by atoms with Crippen molar-refractivity contribution in [3.05, 3.63) is 101 Å². The zero-order valence-electron chi connectivity index (χ0n) is 18.3. The molecule has 3 aromatic rings. The molecule has 0 aromatic heterocycles. The number of fused-ring (bicyclic) bond motifs is 1. The first kappa shape index (κ1) is 21.6. The zero-order chi connectivity index (χ0) is 21.5. The second kappa shape index (κ2) is 10.6. The molecule has 4 heteroatoms. The molecule has 1 atom stereocenters. The van der Waals surface area contributed by atoms with Gasteiger partial charge in [0.25, 0.3) is 0 Å². The Kier molecular flexibility index (Phi) is 7.36. The number of benzene rings is 3. The van der Waals surface area contributed by atoms with Crippen molar-refractivity contribution in [1.82, 2.24) is 9.80 Å². The van der Waals surface area contributed by atoms with Crippen LogP contribution in [0.3, 0.4) is 0 Å². The quantitative estimate of drug-likeness (QED) is 0.569. The summed E-state index contributed by atoms with van der Waals surface area (Å²) in [5, 5.41) is 10.6. The first-order valence-corrected chi connectivity index (χ1v) is 11.1. The highest BCUT2D eigenvalue weighted by atomic mass is 16.5. The topological polar surface area (TPSA) is 35.9 Å². The molecule has 1 aliphatic rings. The molecule has 0 saturated heterocycles. The molecule has 162 valence electrons. The Labute approximate surface area is 185 Å². The Morgan fingerprint density at radius 2 is 1.61 bits per heavy atom. The molecule has 1 N–H and O–H groups in total. The maximum absolute atomic E-state index is 10.6. The van der Waals surface area contributed by atoms with Gasteiger partial charge in [-0.2, -0.15) is 0 Å². The summed E-state index contributed by atoms with van der Waals surface area (Å²) in [4.78, 5) is 4.59. The van der Waals surface area contributed by atoms with E-state index >= 15 is 0 Å². The molecule has 0 saturated carbocycles. The first-order chi connectivity index (χ1) is 15.2. The number of aliphatic hydroxyl groups excluding tert-OH is 1. The van der Waals surface area contributed by atoms with Crippen LogP contribution in [0.1, 0.15) is 22.3 Å². The molecule has 1 unspecified atom stereocenters. The summed E-state index contributed by atoms with van der Waals surface area (Å²) in [7, 11) is 2.12. The fourth-order valence-electron chi connectivity index (χ4n) is 4.26. The van der Waals surface area contributed by atoms with Crippen LogP contribution in [0.4, 0.5) is 0 Å². The van der Waals surface area contributed by atoms with E-state index in [1.165, 1.54) is 16.7 Å². The summed E-state index contributed by atoms with van der Waals surface area (Å²) in [6, 6.07) is 27.2. The van der Waals surface area contributed by atoms with Crippen molar-refractivity contribution >= 4 is 0 Å². The van der Waals surface area contributed by atoms with Crippen molar-refractivity contribution in [2.24, 2.45) is 0 Å². The average Bonchev–Trinajstić information content (AvgIpc) is 2.79. The average molecular weight is 417 g/mol. The van der Waals surface area contributed by atoms with Crippen molar-refractivity contribution in [2.45, 2.75) is 32.2 Å². The zero-order valence-corrected chi connectivity index (χ0v) is 18.3. The largest absolute Gasteiger partial charge is 0.491 e. The predicted molar refractivity (Wildman–Crippen MR) is 125 cm³/mol. The van der Waals surface area contributed by atoms with Gasteiger partial charge in [0.15, 0.2) is 0 Å². The standard InChI is InChI=1S/C27H32N2O2/c1-28(17-22-9-3-2-4-10-22)18-25-13-7-8-14-27(25)31-21-26(30)20-29-16-15-23-11-5-6-12-24(23)19-29/h2-14,26,30H,15-21H2,1H3. The second-order valence-corrected chi connectivity index (χ2v) is 8.48. The molecule has 0 spiro atoms. The molecule has 0 fully saturated rings. The van der Waals surface area contributed by atoms with Crippen LogP contribution >= 0.6 is 0 Å². The van der Waals surface area contributed by atoms with E-state index in [4.69, 9.17) is 4.74 Å². The van der Waals surface area contributed by atoms with Crippen LogP contribution in [0.2, 0.25) is 0 Å².